The number of hydrogen-bond donors (Lipinski definition) is 3. The number of ether oxygens (including phenoxy) is 1. The maximum atomic E-state index is 13.0. The highest BCUT2D eigenvalue weighted by Crippen LogP contribution is 2.32. The summed E-state index contributed by atoms with van der Waals surface area (Å²) in [5, 5.41) is 1.96. The Balaban J connectivity index is 1.84. The van der Waals surface area contributed by atoms with Gasteiger partial charge in [-0.2, -0.15) is 23.1 Å². The van der Waals surface area contributed by atoms with E-state index in [1.54, 1.807) is 6.92 Å². The first-order valence-corrected chi connectivity index (χ1v) is 9.03. The molecule has 29 heavy (non-hydrogen) atoms. The van der Waals surface area contributed by atoms with E-state index >= 15 is 0 Å². The number of thioether (sulfide) groups is 1. The number of carbonyl (C=O) groups is 1. The fourth-order valence-electron chi connectivity index (χ4n) is 2.29. The third kappa shape index (κ3) is 4.64. The van der Waals surface area contributed by atoms with Crippen LogP contribution in [0.5, 0.6) is 5.88 Å². The van der Waals surface area contributed by atoms with Gasteiger partial charge in [0.1, 0.15) is 10.5 Å². The number of aromatic amines is 1. The van der Waals surface area contributed by atoms with Crippen molar-refractivity contribution < 1.29 is 22.7 Å². The summed E-state index contributed by atoms with van der Waals surface area (Å²) < 4.78 is 43.7. The molecule has 3 aromatic rings. The fourth-order valence-corrected chi connectivity index (χ4v) is 3.30. The zero-order valence-electron chi connectivity index (χ0n) is 15.1. The maximum Gasteiger partial charge on any atom is 0.433 e. The number of amides is 1. The molecule has 0 unspecified atom stereocenters. The van der Waals surface area contributed by atoms with Crippen LogP contribution >= 0.6 is 11.8 Å². The van der Waals surface area contributed by atoms with E-state index in [-0.39, 0.29) is 11.8 Å². The number of nitrogens with zero attached hydrogens (tertiary/aromatic N) is 5. The second-order valence-corrected chi connectivity index (χ2v) is 6.80. The van der Waals surface area contributed by atoms with Crippen molar-refractivity contribution in [3.05, 3.63) is 18.1 Å². The topological polar surface area (TPSA) is 145 Å². The van der Waals surface area contributed by atoms with Gasteiger partial charge in [-0.25, -0.2) is 15.0 Å². The number of nitrogens with two attached hydrogens (primary N) is 1. The van der Waals surface area contributed by atoms with Crippen molar-refractivity contribution >= 4 is 40.7 Å². The van der Waals surface area contributed by atoms with Gasteiger partial charge in [0.15, 0.2) is 11.3 Å². The maximum absolute atomic E-state index is 13.0. The number of hydrogen-bond acceptors (Lipinski definition) is 9. The van der Waals surface area contributed by atoms with Crippen LogP contribution in [0.15, 0.2) is 17.4 Å². The van der Waals surface area contributed by atoms with Crippen LogP contribution in [0.25, 0.3) is 11.2 Å². The standard InChI is InChI=1S/C15H15F3N8O2S/c1-3-6(29-12-9-10(21-5-20-9)24-13(19)26-12)11(27)25-14-22-7(15(16,17)18)4-8(23-14)28-2/h4-6H,3H2,1-2H3,(H,22,23,25,27)(H3,19,20,21,24,26)/t6-/m0/s1. The first kappa shape index (κ1) is 20.6. The molecule has 14 heteroatoms. The molecule has 3 heterocycles. The van der Waals surface area contributed by atoms with E-state index in [2.05, 4.69) is 35.2 Å². The molecule has 3 aromatic heterocycles. The van der Waals surface area contributed by atoms with Crippen molar-refractivity contribution in [2.75, 3.05) is 18.2 Å². The summed E-state index contributed by atoms with van der Waals surface area (Å²) in [6, 6.07) is 0.639. The lowest BCUT2D eigenvalue weighted by molar-refractivity contribution is -0.141. The van der Waals surface area contributed by atoms with E-state index in [1.165, 1.54) is 6.33 Å². The van der Waals surface area contributed by atoms with Gasteiger partial charge in [-0.15, -0.1) is 0 Å². The zero-order valence-corrected chi connectivity index (χ0v) is 15.9. The van der Waals surface area contributed by atoms with Crippen molar-refractivity contribution in [2.24, 2.45) is 0 Å². The molecular formula is C15H15F3N8O2S. The van der Waals surface area contributed by atoms with E-state index in [0.29, 0.717) is 28.7 Å². The number of rotatable bonds is 6. The van der Waals surface area contributed by atoms with Crippen LogP contribution < -0.4 is 15.8 Å². The summed E-state index contributed by atoms with van der Waals surface area (Å²) in [4.78, 5) is 34.7. The molecule has 1 atom stereocenters. The number of anilines is 2. The van der Waals surface area contributed by atoms with E-state index in [4.69, 9.17) is 10.5 Å². The number of H-pyrrole nitrogens is 1. The van der Waals surface area contributed by atoms with Gasteiger partial charge in [-0.3, -0.25) is 10.1 Å². The Bertz CT molecular complexity index is 1040. The van der Waals surface area contributed by atoms with E-state index in [0.717, 1.165) is 18.9 Å². The molecule has 3 rings (SSSR count). The van der Waals surface area contributed by atoms with Gasteiger partial charge >= 0.3 is 6.18 Å². The van der Waals surface area contributed by atoms with Crippen molar-refractivity contribution in [3.8, 4) is 5.88 Å². The van der Waals surface area contributed by atoms with Gasteiger partial charge in [0, 0.05) is 6.07 Å². The van der Waals surface area contributed by atoms with Crippen LogP contribution in [0, 0.1) is 0 Å². The number of aromatic nitrogens is 6. The number of carbonyl (C=O) groups excluding carboxylic acids is 1. The average Bonchev–Trinajstić information content (AvgIpc) is 3.13. The monoisotopic (exact) mass is 428 g/mol. The highest BCUT2D eigenvalue weighted by Gasteiger charge is 2.34. The molecule has 0 spiro atoms. The van der Waals surface area contributed by atoms with E-state index in [9.17, 15) is 18.0 Å². The lowest BCUT2D eigenvalue weighted by atomic mass is 10.3. The molecule has 0 aliphatic rings. The largest absolute Gasteiger partial charge is 0.481 e. The van der Waals surface area contributed by atoms with E-state index in [1.807, 2.05) is 0 Å². The SMILES string of the molecule is CC[C@H](Sc1nc(N)nc2nc[nH]c12)C(=O)Nc1nc(OC)cc(C(F)(F)F)n1. The minimum absolute atomic E-state index is 0.0201. The Kier molecular flexibility index (Phi) is 5.72. The van der Waals surface area contributed by atoms with Crippen LogP contribution in [-0.4, -0.2) is 48.2 Å². The Morgan fingerprint density at radius 1 is 1.34 bits per heavy atom. The molecule has 4 N–H and O–H groups in total. The number of methoxy groups -OCH3 is 1. The molecule has 0 radical (unpaired) electrons. The third-order valence-electron chi connectivity index (χ3n) is 3.62. The second-order valence-electron chi connectivity index (χ2n) is 5.61. The highest BCUT2D eigenvalue weighted by atomic mass is 32.2. The summed E-state index contributed by atoms with van der Waals surface area (Å²) >= 11 is 1.06. The predicted molar refractivity (Wildman–Crippen MR) is 98.2 cm³/mol. The molecule has 1 amide bonds. The smallest absolute Gasteiger partial charge is 0.433 e. The summed E-state index contributed by atoms with van der Waals surface area (Å²) in [5.41, 5.74) is 5.25. The minimum atomic E-state index is -4.72. The molecule has 0 fully saturated rings. The Hall–Kier alpha value is -3.16. The number of fused-ring (bicyclic) bond motifs is 1. The van der Waals surface area contributed by atoms with E-state index < -0.39 is 29.0 Å². The molecule has 0 saturated heterocycles. The average molecular weight is 428 g/mol. The van der Waals surface area contributed by atoms with Crippen molar-refractivity contribution in [3.63, 3.8) is 0 Å². The first-order valence-electron chi connectivity index (χ1n) is 8.15. The van der Waals surface area contributed by atoms with Gasteiger partial charge in [-0.05, 0) is 6.42 Å². The summed E-state index contributed by atoms with van der Waals surface area (Å²) in [6.07, 6.45) is -2.97. The summed E-state index contributed by atoms with van der Waals surface area (Å²) in [7, 11) is 1.16. The van der Waals surface area contributed by atoms with Crippen molar-refractivity contribution in [1.82, 2.24) is 29.9 Å². The molecule has 10 nitrogen and oxygen atoms in total. The van der Waals surface area contributed by atoms with Crippen molar-refractivity contribution in [1.29, 1.82) is 0 Å². The Labute approximate surface area is 165 Å². The van der Waals surface area contributed by atoms with Crippen LogP contribution in [0.4, 0.5) is 25.1 Å². The third-order valence-corrected chi connectivity index (χ3v) is 4.97. The molecule has 0 bridgehead atoms. The lowest BCUT2D eigenvalue weighted by Crippen LogP contribution is -2.26. The number of halogens is 3. The van der Waals surface area contributed by atoms with Gasteiger partial charge in [0.25, 0.3) is 0 Å². The van der Waals surface area contributed by atoms with Gasteiger partial charge in [0.2, 0.25) is 23.7 Å². The highest BCUT2D eigenvalue weighted by molar-refractivity contribution is 8.00. The lowest BCUT2D eigenvalue weighted by Gasteiger charge is -2.15. The summed E-state index contributed by atoms with van der Waals surface area (Å²) in [5.74, 6) is -1.47. The molecule has 0 saturated carbocycles. The molecule has 0 aliphatic heterocycles. The Morgan fingerprint density at radius 2 is 2.10 bits per heavy atom. The Morgan fingerprint density at radius 3 is 2.76 bits per heavy atom. The second kappa shape index (κ2) is 8.06. The van der Waals surface area contributed by atoms with Crippen LogP contribution in [0.3, 0.4) is 0 Å². The molecule has 154 valence electrons. The van der Waals surface area contributed by atoms with Crippen LogP contribution in [0.2, 0.25) is 0 Å². The number of alkyl halides is 3. The van der Waals surface area contributed by atoms with Gasteiger partial charge < -0.3 is 15.5 Å². The van der Waals surface area contributed by atoms with Crippen LogP contribution in [-0.2, 0) is 11.0 Å². The zero-order chi connectivity index (χ0) is 21.2. The van der Waals surface area contributed by atoms with Crippen LogP contribution in [0.1, 0.15) is 19.0 Å². The predicted octanol–water partition coefficient (Wildman–Crippen LogP) is 2.26. The van der Waals surface area contributed by atoms with Gasteiger partial charge in [0.05, 0.1) is 18.7 Å². The molecule has 0 aromatic carbocycles. The normalized spacial score (nSPS) is 12.7. The summed E-state index contributed by atoms with van der Waals surface area (Å²) in [6.45, 7) is 1.74. The quantitative estimate of drug-likeness (QED) is 0.398. The molecule has 0 aliphatic carbocycles. The number of imidazole rings is 1. The number of nitrogen functional groups attached to an aromatic ring is 1. The van der Waals surface area contributed by atoms with Gasteiger partial charge in [-0.1, -0.05) is 18.7 Å². The first-order chi connectivity index (χ1) is 13.7. The minimum Gasteiger partial charge on any atom is -0.481 e. The van der Waals surface area contributed by atoms with Crippen molar-refractivity contribution in [2.45, 2.75) is 29.8 Å². The molecular weight excluding hydrogens is 413 g/mol. The number of nitrogens with one attached hydrogen (secondary N) is 2. The fraction of sp³-hybridized carbons (Fsp3) is 0.333.